The molecule has 7 nitrogen and oxygen atoms in total. The van der Waals surface area contributed by atoms with Gasteiger partial charge >= 0.3 is 0 Å². The molecule has 1 atom stereocenters. The molecule has 136 valence electrons. The highest BCUT2D eigenvalue weighted by Gasteiger charge is 2.50. The van der Waals surface area contributed by atoms with Crippen LogP contribution in [-0.2, 0) is 14.8 Å². The maximum atomic E-state index is 12.6. The smallest absolute Gasteiger partial charge is 0.281 e. The lowest BCUT2D eigenvalue weighted by molar-refractivity contribution is -0.135. The quantitative estimate of drug-likeness (QED) is 0.876. The van der Waals surface area contributed by atoms with Crippen molar-refractivity contribution in [3.8, 4) is 0 Å². The summed E-state index contributed by atoms with van der Waals surface area (Å²) in [7, 11) is -4.10. The van der Waals surface area contributed by atoms with Crippen LogP contribution in [0, 0.1) is 6.92 Å². The van der Waals surface area contributed by atoms with Crippen molar-refractivity contribution in [1.29, 1.82) is 0 Å². The molecule has 1 fully saturated rings. The van der Waals surface area contributed by atoms with Crippen LogP contribution in [0.4, 0.5) is 0 Å². The predicted octanol–water partition coefficient (Wildman–Crippen LogP) is 1.50. The molecular formula is C18H19N3O4S. The molecule has 2 amide bonds. The predicted molar refractivity (Wildman–Crippen MR) is 94.8 cm³/mol. The Balaban J connectivity index is 1.78. The molecule has 0 saturated carbocycles. The molecule has 1 aromatic carbocycles. The van der Waals surface area contributed by atoms with E-state index in [1.807, 2.05) is 4.72 Å². The van der Waals surface area contributed by atoms with Crippen molar-refractivity contribution in [3.05, 3.63) is 59.8 Å². The number of rotatable bonds is 4. The molecular weight excluding hydrogens is 354 g/mol. The van der Waals surface area contributed by atoms with Crippen LogP contribution in [0.1, 0.15) is 29.3 Å². The molecule has 1 aromatic heterocycles. The van der Waals surface area contributed by atoms with Gasteiger partial charge in [-0.3, -0.25) is 9.59 Å². The molecule has 2 aromatic rings. The van der Waals surface area contributed by atoms with E-state index < -0.39 is 21.5 Å². The summed E-state index contributed by atoms with van der Waals surface area (Å²) in [5.41, 5.74) is 0.0418. The topological polar surface area (TPSA) is 96.4 Å². The van der Waals surface area contributed by atoms with Crippen LogP contribution in [0.2, 0.25) is 0 Å². The summed E-state index contributed by atoms with van der Waals surface area (Å²) in [5.74, 6) is -1.05. The third kappa shape index (κ3) is 3.20. The fourth-order valence-corrected chi connectivity index (χ4v) is 3.76. The summed E-state index contributed by atoms with van der Waals surface area (Å²) in [6, 6.07) is 11.5. The first-order chi connectivity index (χ1) is 12.2. The molecule has 0 bridgehead atoms. The van der Waals surface area contributed by atoms with E-state index in [4.69, 9.17) is 0 Å². The number of carbonyl (C=O) groups is 2. The van der Waals surface area contributed by atoms with Crippen molar-refractivity contribution in [2.75, 3.05) is 6.54 Å². The Morgan fingerprint density at radius 1 is 1.15 bits per heavy atom. The number of benzene rings is 1. The fourth-order valence-electron chi connectivity index (χ4n) is 2.75. The monoisotopic (exact) mass is 373 g/mol. The minimum Gasteiger partial charge on any atom is -0.324 e. The van der Waals surface area contributed by atoms with Gasteiger partial charge in [-0.05, 0) is 44.0 Å². The average Bonchev–Trinajstić information content (AvgIpc) is 2.60. The molecule has 3 rings (SSSR count). The Hall–Kier alpha value is -2.74. The van der Waals surface area contributed by atoms with E-state index in [0.29, 0.717) is 18.5 Å². The lowest BCUT2D eigenvalue weighted by Gasteiger charge is -2.48. The van der Waals surface area contributed by atoms with E-state index in [2.05, 4.69) is 4.98 Å². The van der Waals surface area contributed by atoms with Crippen LogP contribution >= 0.6 is 0 Å². The normalized spacial score (nSPS) is 19.5. The molecule has 8 heteroatoms. The van der Waals surface area contributed by atoms with E-state index in [0.717, 1.165) is 5.56 Å². The van der Waals surface area contributed by atoms with Gasteiger partial charge in [-0.1, -0.05) is 24.3 Å². The van der Waals surface area contributed by atoms with Gasteiger partial charge in [0.15, 0.2) is 5.03 Å². The SMILES string of the molecule is Cc1ccc(S(=O)(=O)NC(=O)C2(C)CCN2C(=O)c2ccccc2)nc1. The highest BCUT2D eigenvalue weighted by molar-refractivity contribution is 7.90. The zero-order valence-electron chi connectivity index (χ0n) is 14.5. The number of nitrogens with zero attached hydrogens (tertiary/aromatic N) is 2. The highest BCUT2D eigenvalue weighted by Crippen LogP contribution is 2.32. The lowest BCUT2D eigenvalue weighted by atomic mass is 9.85. The van der Waals surface area contributed by atoms with E-state index in [9.17, 15) is 18.0 Å². The van der Waals surface area contributed by atoms with Gasteiger partial charge in [-0.25, -0.2) is 9.71 Å². The van der Waals surface area contributed by atoms with Crippen LogP contribution < -0.4 is 4.72 Å². The Labute approximate surface area is 152 Å². The molecule has 0 aliphatic carbocycles. The second-order valence-corrected chi connectivity index (χ2v) is 8.08. The van der Waals surface area contributed by atoms with Crippen molar-refractivity contribution in [2.24, 2.45) is 0 Å². The number of likely N-dealkylation sites (tertiary alicyclic amines) is 1. The van der Waals surface area contributed by atoms with E-state index in [-0.39, 0.29) is 10.9 Å². The van der Waals surface area contributed by atoms with Crippen LogP contribution in [0.3, 0.4) is 0 Å². The van der Waals surface area contributed by atoms with E-state index in [1.54, 1.807) is 50.2 Å². The molecule has 1 saturated heterocycles. The maximum absolute atomic E-state index is 12.6. The second kappa shape index (κ2) is 6.53. The number of hydrogen-bond acceptors (Lipinski definition) is 5. The Morgan fingerprint density at radius 3 is 2.38 bits per heavy atom. The number of aryl methyl sites for hydroxylation is 1. The third-order valence-corrected chi connectivity index (χ3v) is 5.81. The van der Waals surface area contributed by atoms with Gasteiger partial charge < -0.3 is 4.90 Å². The molecule has 1 N–H and O–H groups in total. The molecule has 1 aliphatic rings. The number of amides is 2. The molecule has 1 aliphatic heterocycles. The third-order valence-electron chi connectivity index (χ3n) is 4.56. The largest absolute Gasteiger partial charge is 0.324 e. The van der Waals surface area contributed by atoms with Crippen LogP contribution in [0.15, 0.2) is 53.7 Å². The Kier molecular flexibility index (Phi) is 4.53. The molecule has 1 unspecified atom stereocenters. The van der Waals surface area contributed by atoms with Crippen LogP contribution in [0.5, 0.6) is 0 Å². The minimum absolute atomic E-state index is 0.236. The van der Waals surface area contributed by atoms with Gasteiger partial charge in [-0.15, -0.1) is 0 Å². The summed E-state index contributed by atoms with van der Waals surface area (Å²) in [5, 5.41) is -0.236. The average molecular weight is 373 g/mol. The first-order valence-corrected chi connectivity index (χ1v) is 9.59. The van der Waals surface area contributed by atoms with Crippen molar-refractivity contribution in [1.82, 2.24) is 14.6 Å². The van der Waals surface area contributed by atoms with Gasteiger partial charge in [-0.2, -0.15) is 8.42 Å². The first kappa shape index (κ1) is 18.1. The minimum atomic E-state index is -4.10. The van der Waals surface area contributed by atoms with Crippen molar-refractivity contribution in [2.45, 2.75) is 30.8 Å². The number of hydrogen-bond donors (Lipinski definition) is 1. The lowest BCUT2D eigenvalue weighted by Crippen LogP contribution is -2.67. The van der Waals surface area contributed by atoms with Gasteiger partial charge in [0.05, 0.1) is 0 Å². The summed E-state index contributed by atoms with van der Waals surface area (Å²) in [6.07, 6.45) is 1.80. The van der Waals surface area contributed by atoms with Crippen molar-refractivity contribution in [3.63, 3.8) is 0 Å². The zero-order valence-corrected chi connectivity index (χ0v) is 15.3. The Morgan fingerprint density at radius 2 is 1.85 bits per heavy atom. The standard InChI is InChI=1S/C18H19N3O4S/c1-13-8-9-15(19-12-13)26(24,25)20-17(23)18(2)10-11-21(18)16(22)14-6-4-3-5-7-14/h3-9,12H,10-11H2,1-2H3,(H,20,23). The second-order valence-electron chi connectivity index (χ2n) is 6.46. The number of carbonyl (C=O) groups excluding carboxylic acids is 2. The molecule has 2 heterocycles. The number of pyridine rings is 1. The maximum Gasteiger partial charge on any atom is 0.281 e. The first-order valence-electron chi connectivity index (χ1n) is 8.11. The summed E-state index contributed by atoms with van der Waals surface area (Å²) in [4.78, 5) is 30.5. The van der Waals surface area contributed by atoms with Crippen LogP contribution in [0.25, 0.3) is 0 Å². The fraction of sp³-hybridized carbons (Fsp3) is 0.278. The summed E-state index contributed by atoms with van der Waals surface area (Å²) < 4.78 is 26.8. The highest BCUT2D eigenvalue weighted by atomic mass is 32.2. The van der Waals surface area contributed by atoms with Gasteiger partial charge in [0.25, 0.3) is 21.8 Å². The molecule has 0 spiro atoms. The van der Waals surface area contributed by atoms with Crippen LogP contribution in [-0.4, -0.2) is 42.2 Å². The van der Waals surface area contributed by atoms with Crippen molar-refractivity contribution >= 4 is 21.8 Å². The number of nitrogens with one attached hydrogen (secondary N) is 1. The van der Waals surface area contributed by atoms with E-state index in [1.165, 1.54) is 17.2 Å². The van der Waals surface area contributed by atoms with E-state index >= 15 is 0 Å². The van der Waals surface area contributed by atoms with Crippen molar-refractivity contribution < 1.29 is 18.0 Å². The zero-order chi connectivity index (χ0) is 18.9. The van der Waals surface area contributed by atoms with Gasteiger partial charge in [0, 0.05) is 18.3 Å². The Bertz CT molecular complexity index is 942. The molecule has 26 heavy (non-hydrogen) atoms. The van der Waals surface area contributed by atoms with Gasteiger partial charge in [0.1, 0.15) is 5.54 Å². The summed E-state index contributed by atoms with van der Waals surface area (Å²) in [6.45, 7) is 3.73. The summed E-state index contributed by atoms with van der Waals surface area (Å²) >= 11 is 0. The molecule has 0 radical (unpaired) electrons. The van der Waals surface area contributed by atoms with Gasteiger partial charge in [0.2, 0.25) is 0 Å². The number of aromatic nitrogens is 1. The number of sulfonamides is 1.